The summed E-state index contributed by atoms with van der Waals surface area (Å²) in [6.45, 7) is 2.49. The molecule has 94 valence electrons. The second kappa shape index (κ2) is 6.07. The van der Waals surface area contributed by atoms with E-state index in [4.69, 9.17) is 0 Å². The van der Waals surface area contributed by atoms with E-state index < -0.39 is 0 Å². The summed E-state index contributed by atoms with van der Waals surface area (Å²) in [6.07, 6.45) is 1.76. The van der Waals surface area contributed by atoms with Gasteiger partial charge in [-0.15, -0.1) is 0 Å². The molecule has 0 fully saturated rings. The standard InChI is InChI=1S/C14H14BrFN2/c1-10(14-4-2-3-7-17-14)18-9-11-8-12(15)5-6-13(11)16/h2-8,10,18H,9H2,1H3/t10-/m0/s1. The van der Waals surface area contributed by atoms with Crippen molar-refractivity contribution in [3.63, 3.8) is 0 Å². The summed E-state index contributed by atoms with van der Waals surface area (Å²) in [7, 11) is 0. The van der Waals surface area contributed by atoms with Crippen molar-refractivity contribution in [2.24, 2.45) is 0 Å². The zero-order chi connectivity index (χ0) is 13.0. The van der Waals surface area contributed by atoms with Crippen molar-refractivity contribution in [1.82, 2.24) is 10.3 Å². The van der Waals surface area contributed by atoms with Gasteiger partial charge in [-0.05, 0) is 37.3 Å². The maximum Gasteiger partial charge on any atom is 0.127 e. The van der Waals surface area contributed by atoms with Crippen LogP contribution in [0.2, 0.25) is 0 Å². The third-order valence-corrected chi connectivity index (χ3v) is 3.23. The predicted molar refractivity (Wildman–Crippen MR) is 73.6 cm³/mol. The summed E-state index contributed by atoms with van der Waals surface area (Å²) >= 11 is 3.34. The molecule has 1 aromatic carbocycles. The third-order valence-electron chi connectivity index (χ3n) is 2.74. The van der Waals surface area contributed by atoms with Gasteiger partial charge in [0.25, 0.3) is 0 Å². The minimum Gasteiger partial charge on any atom is -0.305 e. The fourth-order valence-electron chi connectivity index (χ4n) is 1.68. The summed E-state index contributed by atoms with van der Waals surface area (Å²) in [5.41, 5.74) is 1.60. The number of benzene rings is 1. The third kappa shape index (κ3) is 3.37. The molecule has 0 bridgehead atoms. The molecule has 0 aliphatic heterocycles. The van der Waals surface area contributed by atoms with Gasteiger partial charge in [-0.25, -0.2) is 4.39 Å². The van der Waals surface area contributed by atoms with E-state index in [-0.39, 0.29) is 11.9 Å². The Hall–Kier alpha value is -1.26. The smallest absolute Gasteiger partial charge is 0.127 e. The van der Waals surface area contributed by atoms with E-state index in [0.29, 0.717) is 12.1 Å². The van der Waals surface area contributed by atoms with Crippen LogP contribution in [0, 0.1) is 5.82 Å². The number of hydrogen-bond acceptors (Lipinski definition) is 2. The Kier molecular flexibility index (Phi) is 4.44. The van der Waals surface area contributed by atoms with Gasteiger partial charge >= 0.3 is 0 Å². The second-order valence-electron chi connectivity index (χ2n) is 4.09. The molecular weight excluding hydrogens is 295 g/mol. The molecular formula is C14H14BrFN2. The summed E-state index contributed by atoms with van der Waals surface area (Å²) in [5, 5.41) is 3.26. The topological polar surface area (TPSA) is 24.9 Å². The molecule has 0 radical (unpaired) electrons. The number of hydrogen-bond donors (Lipinski definition) is 1. The molecule has 1 N–H and O–H groups in total. The number of halogens is 2. The second-order valence-corrected chi connectivity index (χ2v) is 5.01. The molecule has 1 aromatic heterocycles. The van der Waals surface area contributed by atoms with Crippen molar-refractivity contribution in [1.29, 1.82) is 0 Å². The van der Waals surface area contributed by atoms with Crippen molar-refractivity contribution in [3.8, 4) is 0 Å². The fraction of sp³-hybridized carbons (Fsp3) is 0.214. The molecule has 0 aliphatic rings. The van der Waals surface area contributed by atoms with Crippen LogP contribution in [0.25, 0.3) is 0 Å². The summed E-state index contributed by atoms with van der Waals surface area (Å²) in [6, 6.07) is 10.8. The molecule has 0 unspecified atom stereocenters. The highest BCUT2D eigenvalue weighted by Gasteiger charge is 2.08. The minimum absolute atomic E-state index is 0.0876. The van der Waals surface area contributed by atoms with Gasteiger partial charge in [-0.1, -0.05) is 22.0 Å². The van der Waals surface area contributed by atoms with Crippen LogP contribution in [-0.4, -0.2) is 4.98 Å². The molecule has 0 spiro atoms. The quantitative estimate of drug-likeness (QED) is 0.928. The zero-order valence-corrected chi connectivity index (χ0v) is 11.6. The Morgan fingerprint density at radius 2 is 2.17 bits per heavy atom. The number of aromatic nitrogens is 1. The average molecular weight is 309 g/mol. The first-order chi connectivity index (χ1) is 8.66. The molecule has 0 amide bonds. The van der Waals surface area contributed by atoms with Gasteiger partial charge < -0.3 is 5.32 Å². The van der Waals surface area contributed by atoms with E-state index in [1.165, 1.54) is 6.07 Å². The fourth-order valence-corrected chi connectivity index (χ4v) is 2.09. The molecule has 0 aliphatic carbocycles. The van der Waals surface area contributed by atoms with Crippen LogP contribution in [0.5, 0.6) is 0 Å². The van der Waals surface area contributed by atoms with Gasteiger partial charge in [-0.2, -0.15) is 0 Å². The molecule has 4 heteroatoms. The number of pyridine rings is 1. The number of nitrogens with zero attached hydrogens (tertiary/aromatic N) is 1. The Labute approximate surface area is 114 Å². The van der Waals surface area contributed by atoms with Crippen LogP contribution >= 0.6 is 15.9 Å². The monoisotopic (exact) mass is 308 g/mol. The summed E-state index contributed by atoms with van der Waals surface area (Å²) < 4.78 is 14.4. The molecule has 2 rings (SSSR count). The van der Waals surface area contributed by atoms with Crippen LogP contribution in [0.4, 0.5) is 4.39 Å². The Bertz CT molecular complexity index is 516. The van der Waals surface area contributed by atoms with Crippen LogP contribution in [0.1, 0.15) is 24.2 Å². The van der Waals surface area contributed by atoms with Crippen molar-refractivity contribution in [3.05, 3.63) is 64.1 Å². The summed E-state index contributed by atoms with van der Waals surface area (Å²) in [4.78, 5) is 4.27. The van der Waals surface area contributed by atoms with E-state index in [9.17, 15) is 4.39 Å². The molecule has 0 saturated heterocycles. The van der Waals surface area contributed by atoms with Crippen LogP contribution < -0.4 is 5.32 Å². The van der Waals surface area contributed by atoms with E-state index >= 15 is 0 Å². The van der Waals surface area contributed by atoms with Crippen molar-refractivity contribution < 1.29 is 4.39 Å². The van der Waals surface area contributed by atoms with Crippen molar-refractivity contribution in [2.45, 2.75) is 19.5 Å². The highest BCUT2D eigenvalue weighted by molar-refractivity contribution is 9.10. The molecule has 1 heterocycles. The van der Waals surface area contributed by atoms with E-state index in [0.717, 1.165) is 10.2 Å². The average Bonchev–Trinajstić information content (AvgIpc) is 2.40. The van der Waals surface area contributed by atoms with E-state index in [2.05, 4.69) is 26.2 Å². The number of rotatable bonds is 4. The lowest BCUT2D eigenvalue weighted by atomic mass is 10.1. The predicted octanol–water partition coefficient (Wildman–Crippen LogP) is 3.83. The van der Waals surface area contributed by atoms with Gasteiger partial charge in [0.15, 0.2) is 0 Å². The zero-order valence-electron chi connectivity index (χ0n) is 10.0. The highest BCUT2D eigenvalue weighted by atomic mass is 79.9. The SMILES string of the molecule is C[C@H](NCc1cc(Br)ccc1F)c1ccccn1. The highest BCUT2D eigenvalue weighted by Crippen LogP contribution is 2.16. The molecule has 2 aromatic rings. The molecule has 2 nitrogen and oxygen atoms in total. The van der Waals surface area contributed by atoms with E-state index in [1.807, 2.05) is 25.1 Å². The van der Waals surface area contributed by atoms with Gasteiger partial charge in [0, 0.05) is 28.8 Å². The lowest BCUT2D eigenvalue weighted by Gasteiger charge is -2.13. The Morgan fingerprint density at radius 3 is 2.89 bits per heavy atom. The van der Waals surface area contributed by atoms with Crippen molar-refractivity contribution >= 4 is 15.9 Å². The maximum absolute atomic E-state index is 13.5. The molecule has 0 saturated carbocycles. The lowest BCUT2D eigenvalue weighted by Crippen LogP contribution is -2.19. The van der Waals surface area contributed by atoms with Crippen LogP contribution in [0.3, 0.4) is 0 Å². The largest absolute Gasteiger partial charge is 0.305 e. The normalized spacial score (nSPS) is 12.4. The summed E-state index contributed by atoms with van der Waals surface area (Å²) in [5.74, 6) is -0.195. The van der Waals surface area contributed by atoms with Gasteiger partial charge in [0.05, 0.1) is 5.69 Å². The minimum atomic E-state index is -0.195. The Morgan fingerprint density at radius 1 is 1.33 bits per heavy atom. The first kappa shape index (κ1) is 13.2. The Balaban J connectivity index is 2.01. The van der Waals surface area contributed by atoms with Crippen LogP contribution in [0.15, 0.2) is 47.1 Å². The van der Waals surface area contributed by atoms with Crippen LogP contribution in [-0.2, 0) is 6.54 Å². The molecule has 1 atom stereocenters. The van der Waals surface area contributed by atoms with E-state index in [1.54, 1.807) is 18.3 Å². The number of nitrogens with one attached hydrogen (secondary N) is 1. The molecule has 18 heavy (non-hydrogen) atoms. The first-order valence-corrected chi connectivity index (χ1v) is 6.54. The maximum atomic E-state index is 13.5. The lowest BCUT2D eigenvalue weighted by molar-refractivity contribution is 0.536. The van der Waals surface area contributed by atoms with Gasteiger partial charge in [-0.3, -0.25) is 4.98 Å². The van der Waals surface area contributed by atoms with Gasteiger partial charge in [0.1, 0.15) is 5.82 Å². The van der Waals surface area contributed by atoms with Crippen molar-refractivity contribution in [2.75, 3.05) is 0 Å². The van der Waals surface area contributed by atoms with Gasteiger partial charge in [0.2, 0.25) is 0 Å². The first-order valence-electron chi connectivity index (χ1n) is 5.75.